The summed E-state index contributed by atoms with van der Waals surface area (Å²) in [6.45, 7) is 0.0389. The summed E-state index contributed by atoms with van der Waals surface area (Å²) < 4.78 is 38.0. The van der Waals surface area contributed by atoms with Crippen molar-refractivity contribution in [3.05, 3.63) is 89.7 Å². The number of amides is 3. The first-order valence-electron chi connectivity index (χ1n) is 13.2. The Bertz CT molecular complexity index is 1540. The van der Waals surface area contributed by atoms with Crippen LogP contribution in [-0.2, 0) is 30.9 Å². The third-order valence-electron chi connectivity index (χ3n) is 7.11. The number of carbonyl (C=O) groups excluding carboxylic acids is 3. The number of ether oxygens (including phenoxy) is 2. The number of carbonyl (C=O) groups is 3. The van der Waals surface area contributed by atoms with Crippen LogP contribution in [0.25, 0.3) is 0 Å². The fraction of sp³-hybridized carbons (Fsp3) is 0.310. The van der Waals surface area contributed by atoms with Gasteiger partial charge in [-0.05, 0) is 60.4 Å². The van der Waals surface area contributed by atoms with Crippen molar-refractivity contribution in [3.8, 4) is 5.75 Å². The van der Waals surface area contributed by atoms with E-state index in [4.69, 9.17) is 9.47 Å². The number of fused-ring (bicyclic) bond motifs is 1. The Morgan fingerprint density at radius 3 is 2.63 bits per heavy atom. The molecule has 3 amide bonds. The van der Waals surface area contributed by atoms with Gasteiger partial charge in [-0.1, -0.05) is 24.3 Å². The van der Waals surface area contributed by atoms with Gasteiger partial charge in [0.05, 0.1) is 18.8 Å². The normalized spacial score (nSPS) is 18.0. The lowest BCUT2D eigenvalue weighted by Gasteiger charge is -2.33. The summed E-state index contributed by atoms with van der Waals surface area (Å²) >= 11 is 0. The SMILES string of the molecule is COc1cccc(CN(C(=O)CN2C(=O)c3ccccc3S2(=O)=O)[C@@H](C(=O)NC[C@H]2CCCO2)c2ccncc2)c1. The third kappa shape index (κ3) is 5.93. The smallest absolute Gasteiger partial charge is 0.269 e. The summed E-state index contributed by atoms with van der Waals surface area (Å²) in [4.78, 5) is 46.1. The lowest BCUT2D eigenvalue weighted by molar-refractivity contribution is -0.141. The molecule has 214 valence electrons. The van der Waals surface area contributed by atoms with Gasteiger partial charge in [-0.25, -0.2) is 12.7 Å². The molecule has 5 rings (SSSR count). The molecule has 1 saturated heterocycles. The zero-order valence-electron chi connectivity index (χ0n) is 22.4. The molecule has 1 aromatic heterocycles. The van der Waals surface area contributed by atoms with Crippen molar-refractivity contribution in [2.24, 2.45) is 0 Å². The highest BCUT2D eigenvalue weighted by Gasteiger charge is 2.43. The molecule has 1 fully saturated rings. The summed E-state index contributed by atoms with van der Waals surface area (Å²) in [5.41, 5.74) is 1.11. The number of sulfonamides is 1. The first-order chi connectivity index (χ1) is 19.8. The molecule has 3 heterocycles. The van der Waals surface area contributed by atoms with Gasteiger partial charge in [-0.3, -0.25) is 19.4 Å². The summed E-state index contributed by atoms with van der Waals surface area (Å²) in [6.07, 6.45) is 4.59. The van der Waals surface area contributed by atoms with E-state index in [0.29, 0.717) is 27.8 Å². The van der Waals surface area contributed by atoms with Crippen LogP contribution in [0.5, 0.6) is 5.75 Å². The second kappa shape index (κ2) is 12.1. The van der Waals surface area contributed by atoms with E-state index in [0.717, 1.165) is 12.8 Å². The number of nitrogens with one attached hydrogen (secondary N) is 1. The van der Waals surface area contributed by atoms with Crippen LogP contribution in [0.2, 0.25) is 0 Å². The molecule has 2 aromatic carbocycles. The minimum Gasteiger partial charge on any atom is -0.497 e. The van der Waals surface area contributed by atoms with Gasteiger partial charge in [-0.15, -0.1) is 0 Å². The number of methoxy groups -OCH3 is 1. The minimum absolute atomic E-state index is 0.000337. The van der Waals surface area contributed by atoms with Crippen molar-refractivity contribution in [1.29, 1.82) is 0 Å². The van der Waals surface area contributed by atoms with Crippen molar-refractivity contribution in [3.63, 3.8) is 0 Å². The lowest BCUT2D eigenvalue weighted by Crippen LogP contribution is -2.48. The molecule has 0 bridgehead atoms. The molecule has 0 aliphatic carbocycles. The van der Waals surface area contributed by atoms with Crippen LogP contribution in [0.15, 0.2) is 78.0 Å². The zero-order chi connectivity index (χ0) is 29.0. The number of pyridine rings is 1. The van der Waals surface area contributed by atoms with E-state index < -0.39 is 40.3 Å². The number of hydrogen-bond acceptors (Lipinski definition) is 8. The van der Waals surface area contributed by atoms with Gasteiger partial charge < -0.3 is 19.7 Å². The zero-order valence-corrected chi connectivity index (χ0v) is 23.2. The highest BCUT2D eigenvalue weighted by Crippen LogP contribution is 2.31. The second-order valence-electron chi connectivity index (χ2n) is 9.75. The summed E-state index contributed by atoms with van der Waals surface area (Å²) in [7, 11) is -2.73. The quantitative estimate of drug-likeness (QED) is 0.387. The average molecular weight is 579 g/mol. The summed E-state index contributed by atoms with van der Waals surface area (Å²) in [5, 5.41) is 2.90. The number of aromatic nitrogens is 1. The number of nitrogens with zero attached hydrogens (tertiary/aromatic N) is 3. The Balaban J connectivity index is 1.50. The Labute approximate surface area is 238 Å². The Kier molecular flexibility index (Phi) is 8.31. The van der Waals surface area contributed by atoms with Gasteiger partial charge in [-0.2, -0.15) is 0 Å². The highest BCUT2D eigenvalue weighted by molar-refractivity contribution is 7.90. The largest absolute Gasteiger partial charge is 0.497 e. The Morgan fingerprint density at radius 1 is 1.15 bits per heavy atom. The first kappa shape index (κ1) is 28.2. The highest BCUT2D eigenvalue weighted by atomic mass is 32.2. The van der Waals surface area contributed by atoms with Crippen molar-refractivity contribution < 1.29 is 32.3 Å². The monoisotopic (exact) mass is 578 g/mol. The predicted octanol–water partition coefficient (Wildman–Crippen LogP) is 2.30. The average Bonchev–Trinajstić information content (AvgIpc) is 3.58. The molecular formula is C29H30N4O7S. The predicted molar refractivity (Wildman–Crippen MR) is 147 cm³/mol. The van der Waals surface area contributed by atoms with Gasteiger partial charge in [0.2, 0.25) is 11.8 Å². The van der Waals surface area contributed by atoms with Crippen LogP contribution in [0, 0.1) is 0 Å². The van der Waals surface area contributed by atoms with Crippen LogP contribution in [0.3, 0.4) is 0 Å². The van der Waals surface area contributed by atoms with E-state index in [9.17, 15) is 22.8 Å². The van der Waals surface area contributed by atoms with Crippen molar-refractivity contribution in [2.45, 2.75) is 36.4 Å². The molecule has 2 atom stereocenters. The van der Waals surface area contributed by atoms with Crippen LogP contribution < -0.4 is 10.1 Å². The molecule has 0 radical (unpaired) electrons. The van der Waals surface area contributed by atoms with Crippen LogP contribution in [0.4, 0.5) is 0 Å². The maximum Gasteiger partial charge on any atom is 0.269 e. The number of rotatable bonds is 10. The second-order valence-corrected chi connectivity index (χ2v) is 11.6. The molecule has 2 aliphatic heterocycles. The van der Waals surface area contributed by atoms with Crippen LogP contribution in [0.1, 0.15) is 40.4 Å². The molecule has 0 saturated carbocycles. The number of benzene rings is 2. The molecule has 12 heteroatoms. The maximum atomic E-state index is 14.0. The van der Waals surface area contributed by atoms with Crippen molar-refractivity contribution in [1.82, 2.24) is 19.5 Å². The van der Waals surface area contributed by atoms with E-state index in [1.807, 2.05) is 0 Å². The van der Waals surface area contributed by atoms with Crippen molar-refractivity contribution in [2.75, 3.05) is 26.8 Å². The van der Waals surface area contributed by atoms with E-state index in [1.54, 1.807) is 42.5 Å². The van der Waals surface area contributed by atoms with Crippen LogP contribution in [-0.4, -0.2) is 73.2 Å². The fourth-order valence-electron chi connectivity index (χ4n) is 5.03. The summed E-state index contributed by atoms with van der Waals surface area (Å²) in [6, 6.07) is 14.9. The molecule has 0 unspecified atom stereocenters. The first-order valence-corrected chi connectivity index (χ1v) is 14.6. The van der Waals surface area contributed by atoms with E-state index in [1.165, 1.54) is 42.6 Å². The van der Waals surface area contributed by atoms with E-state index in [2.05, 4.69) is 10.3 Å². The fourth-order valence-corrected chi connectivity index (χ4v) is 6.55. The van der Waals surface area contributed by atoms with Gasteiger partial charge in [0, 0.05) is 32.1 Å². The molecule has 11 nitrogen and oxygen atoms in total. The summed E-state index contributed by atoms with van der Waals surface area (Å²) in [5.74, 6) is -1.45. The van der Waals surface area contributed by atoms with Gasteiger partial charge in [0.25, 0.3) is 15.9 Å². The van der Waals surface area contributed by atoms with E-state index in [-0.39, 0.29) is 29.7 Å². The van der Waals surface area contributed by atoms with Crippen LogP contribution >= 0.6 is 0 Å². The van der Waals surface area contributed by atoms with Gasteiger partial charge in [0.1, 0.15) is 23.2 Å². The molecule has 1 N–H and O–H groups in total. The minimum atomic E-state index is -4.25. The third-order valence-corrected chi connectivity index (χ3v) is 8.90. The Morgan fingerprint density at radius 2 is 1.93 bits per heavy atom. The Hall–Kier alpha value is -4.29. The molecule has 3 aromatic rings. The maximum absolute atomic E-state index is 14.0. The number of hydrogen-bond donors (Lipinski definition) is 1. The topological polar surface area (TPSA) is 135 Å². The molecule has 2 aliphatic rings. The molecular weight excluding hydrogens is 548 g/mol. The molecule has 41 heavy (non-hydrogen) atoms. The standard InChI is InChI=1S/C29H30N4O7S/c1-39-22-7-4-6-20(16-22)18-32(26(34)19-33-29(36)24-9-2-3-10-25(24)41(33,37)38)27(21-11-13-30-14-12-21)28(35)31-17-23-8-5-15-40-23/h2-4,6-7,9-14,16,23,27H,5,8,15,17-19H2,1H3,(H,31,35)/t23-,27-/m1/s1. The van der Waals surface area contributed by atoms with Gasteiger partial charge >= 0.3 is 0 Å². The van der Waals surface area contributed by atoms with E-state index >= 15 is 0 Å². The lowest BCUT2D eigenvalue weighted by atomic mass is 10.0. The van der Waals surface area contributed by atoms with Gasteiger partial charge in [0.15, 0.2) is 0 Å². The molecule has 0 spiro atoms. The van der Waals surface area contributed by atoms with Crippen molar-refractivity contribution >= 4 is 27.7 Å².